The highest BCUT2D eigenvalue weighted by atomic mass is 79.9. The highest BCUT2D eigenvalue weighted by Gasteiger charge is 2.17. The second-order valence-corrected chi connectivity index (χ2v) is 13.7. The van der Waals surface area contributed by atoms with Crippen LogP contribution in [0.5, 0.6) is 0 Å². The van der Waals surface area contributed by atoms with Crippen LogP contribution in [0.2, 0.25) is 20.1 Å². The number of carbonyl (C=O) groups is 1. The molecule has 0 radical (unpaired) electrons. The van der Waals surface area contributed by atoms with Crippen LogP contribution in [-0.2, 0) is 17.6 Å². The number of hydrogen-bond donors (Lipinski definition) is 1. The molecule has 0 atom stereocenters. The molecule has 1 amide bonds. The molecule has 4 rings (SSSR count). The van der Waals surface area contributed by atoms with Crippen LogP contribution >= 0.6 is 96.8 Å². The van der Waals surface area contributed by atoms with Gasteiger partial charge in [0.2, 0.25) is 5.91 Å². The normalized spacial score (nSPS) is 11.1. The summed E-state index contributed by atoms with van der Waals surface area (Å²) in [6.07, 6.45) is 1.17. The van der Waals surface area contributed by atoms with Crippen LogP contribution in [-0.4, -0.2) is 21.6 Å². The van der Waals surface area contributed by atoms with Crippen molar-refractivity contribution in [3.05, 3.63) is 87.0 Å². The smallest absolute Gasteiger partial charge is 0.236 e. The lowest BCUT2D eigenvalue weighted by Crippen LogP contribution is -2.15. The summed E-state index contributed by atoms with van der Waals surface area (Å²) in [6, 6.07) is 10.8. The molecule has 2 aromatic carbocycles. The van der Waals surface area contributed by atoms with E-state index in [0.717, 1.165) is 30.9 Å². The Balaban J connectivity index is 1.39. The zero-order chi connectivity index (χ0) is 25.1. The molecule has 0 aliphatic rings. The molecule has 35 heavy (non-hydrogen) atoms. The molecule has 0 unspecified atom stereocenters. The van der Waals surface area contributed by atoms with Crippen LogP contribution in [0.25, 0.3) is 0 Å². The molecule has 182 valence electrons. The maximum Gasteiger partial charge on any atom is 0.236 e. The van der Waals surface area contributed by atoms with E-state index in [9.17, 15) is 4.79 Å². The lowest BCUT2D eigenvalue weighted by Gasteiger charge is -2.07. The van der Waals surface area contributed by atoms with Gasteiger partial charge in [0.05, 0.1) is 16.3 Å². The number of amides is 1. The average molecular weight is 668 g/mol. The molecule has 0 saturated carbocycles. The Kier molecular flexibility index (Phi) is 9.43. The molecule has 0 aliphatic heterocycles. The van der Waals surface area contributed by atoms with Crippen molar-refractivity contribution in [3.8, 4) is 0 Å². The van der Waals surface area contributed by atoms with Crippen molar-refractivity contribution in [2.45, 2.75) is 24.1 Å². The molecule has 0 saturated heterocycles. The Bertz CT molecular complexity index is 1390. The summed E-state index contributed by atoms with van der Waals surface area (Å²) in [5.74, 6) is 0.555. The van der Waals surface area contributed by atoms with Gasteiger partial charge in [-0.3, -0.25) is 4.79 Å². The van der Waals surface area contributed by atoms with Crippen LogP contribution in [0.4, 0.5) is 5.82 Å². The summed E-state index contributed by atoms with van der Waals surface area (Å²) in [6.45, 7) is 1.96. The van der Waals surface area contributed by atoms with Crippen LogP contribution in [0.1, 0.15) is 26.6 Å². The molecule has 0 spiro atoms. The summed E-state index contributed by atoms with van der Waals surface area (Å²) in [5.41, 5.74) is 2.78. The number of anilines is 1. The van der Waals surface area contributed by atoms with Crippen molar-refractivity contribution >= 4 is 108 Å². The second-order valence-electron chi connectivity index (χ2n) is 7.39. The predicted octanol–water partition coefficient (Wildman–Crippen LogP) is 9.20. The third-order valence-corrected chi connectivity index (χ3v) is 9.85. The van der Waals surface area contributed by atoms with E-state index in [-0.39, 0.29) is 11.7 Å². The number of carbonyl (C=O) groups excluding carboxylic acids is 1. The van der Waals surface area contributed by atoms with E-state index < -0.39 is 0 Å². The number of thioether (sulfide) groups is 1. The number of thiazole rings is 2. The summed E-state index contributed by atoms with van der Waals surface area (Å²) < 4.78 is 1.50. The number of halogens is 5. The summed E-state index contributed by atoms with van der Waals surface area (Å²) in [5, 5.41) is 5.36. The van der Waals surface area contributed by atoms with E-state index >= 15 is 0 Å². The molecule has 2 aromatic heterocycles. The number of hydrogen-bond acceptors (Lipinski definition) is 6. The lowest BCUT2D eigenvalue weighted by atomic mass is 10.1. The molecule has 4 nitrogen and oxygen atoms in total. The van der Waals surface area contributed by atoms with Crippen molar-refractivity contribution in [2.24, 2.45) is 0 Å². The molecule has 0 aliphatic carbocycles. The first-order valence-corrected chi connectivity index (χ1v) is 15.0. The van der Waals surface area contributed by atoms with E-state index in [4.69, 9.17) is 46.4 Å². The first kappa shape index (κ1) is 27.2. The minimum atomic E-state index is -0.165. The number of nitrogens with zero attached hydrogens (tertiary/aromatic N) is 2. The average Bonchev–Trinajstić information content (AvgIpc) is 3.32. The Morgan fingerprint density at radius 2 is 1.66 bits per heavy atom. The minimum absolute atomic E-state index is 0.165. The lowest BCUT2D eigenvalue weighted by molar-refractivity contribution is -0.113. The molecule has 12 heteroatoms. The molecule has 0 fully saturated rings. The Morgan fingerprint density at radius 3 is 2.43 bits per heavy atom. The van der Waals surface area contributed by atoms with Crippen molar-refractivity contribution in [3.63, 3.8) is 0 Å². The number of benzene rings is 2. The fourth-order valence-electron chi connectivity index (χ4n) is 3.15. The summed E-state index contributed by atoms with van der Waals surface area (Å²) in [4.78, 5) is 23.7. The second kappa shape index (κ2) is 12.1. The summed E-state index contributed by atoms with van der Waals surface area (Å²) in [7, 11) is 0. The number of aromatic nitrogens is 2. The Morgan fingerprint density at radius 1 is 0.943 bits per heavy atom. The molecular weight excluding hydrogens is 652 g/mol. The fraction of sp³-hybridized carbons (Fsp3) is 0.174. The zero-order valence-corrected chi connectivity index (χ0v) is 25.1. The van der Waals surface area contributed by atoms with Crippen LogP contribution in [0, 0.1) is 6.92 Å². The van der Waals surface area contributed by atoms with Gasteiger partial charge in [0.1, 0.15) is 5.82 Å². The van der Waals surface area contributed by atoms with E-state index in [1.807, 2.05) is 25.1 Å². The highest BCUT2D eigenvalue weighted by molar-refractivity contribution is 9.11. The standard InChI is InChI=1S/C23H16BrCl4N3OS3/c1-11-18(7-12-2-3-15(26)9-17(12)28)35-23(29-11)33-10-20(32)30-21-19(34-22(24)31-21)8-13-6-14(25)4-5-16(13)27/h2-6,9H,7-8,10H2,1H3,(H,30,32). The number of rotatable bonds is 8. The van der Waals surface area contributed by atoms with Gasteiger partial charge >= 0.3 is 0 Å². The predicted molar refractivity (Wildman–Crippen MR) is 155 cm³/mol. The summed E-state index contributed by atoms with van der Waals surface area (Å²) >= 11 is 32.5. The van der Waals surface area contributed by atoms with Gasteiger partial charge in [0, 0.05) is 37.8 Å². The first-order valence-electron chi connectivity index (χ1n) is 10.1. The zero-order valence-electron chi connectivity index (χ0n) is 18.0. The molecule has 1 N–H and O–H groups in total. The third-order valence-electron chi connectivity index (χ3n) is 4.85. The van der Waals surface area contributed by atoms with E-state index in [0.29, 0.717) is 42.7 Å². The topological polar surface area (TPSA) is 54.9 Å². The molecule has 4 aromatic rings. The van der Waals surface area contributed by atoms with Gasteiger partial charge in [-0.15, -0.1) is 22.7 Å². The van der Waals surface area contributed by atoms with Crippen molar-refractivity contribution in [2.75, 3.05) is 11.1 Å². The van der Waals surface area contributed by atoms with E-state index in [2.05, 4.69) is 31.2 Å². The first-order chi connectivity index (χ1) is 16.7. The quantitative estimate of drug-likeness (QED) is 0.190. The van der Waals surface area contributed by atoms with E-state index in [1.54, 1.807) is 29.5 Å². The van der Waals surface area contributed by atoms with Crippen molar-refractivity contribution < 1.29 is 4.79 Å². The number of aryl methyl sites for hydroxylation is 1. The maximum atomic E-state index is 12.7. The largest absolute Gasteiger partial charge is 0.309 e. The highest BCUT2D eigenvalue weighted by Crippen LogP contribution is 2.34. The third kappa shape index (κ3) is 7.36. The van der Waals surface area contributed by atoms with Crippen molar-refractivity contribution in [1.82, 2.24) is 9.97 Å². The minimum Gasteiger partial charge on any atom is -0.309 e. The SMILES string of the molecule is Cc1nc(SCC(=O)Nc2nc(Br)sc2Cc2cc(Cl)ccc2Cl)sc1Cc1ccc(Cl)cc1Cl. The van der Waals surface area contributed by atoms with Gasteiger partial charge in [-0.25, -0.2) is 9.97 Å². The monoisotopic (exact) mass is 665 g/mol. The Hall–Kier alpha value is -0.840. The van der Waals surface area contributed by atoms with Crippen molar-refractivity contribution in [1.29, 1.82) is 0 Å². The fourth-order valence-corrected chi connectivity index (χ4v) is 7.59. The van der Waals surface area contributed by atoms with E-state index in [1.165, 1.54) is 23.1 Å². The van der Waals surface area contributed by atoms with Crippen LogP contribution in [0.15, 0.2) is 44.7 Å². The molecule has 2 heterocycles. The number of nitrogens with one attached hydrogen (secondary N) is 1. The van der Waals surface area contributed by atoms with Gasteiger partial charge < -0.3 is 5.32 Å². The maximum absolute atomic E-state index is 12.7. The van der Waals surface area contributed by atoms with Crippen LogP contribution < -0.4 is 5.32 Å². The van der Waals surface area contributed by atoms with Gasteiger partial charge in [0.15, 0.2) is 8.26 Å². The molecule has 0 bridgehead atoms. The van der Waals surface area contributed by atoms with Gasteiger partial charge in [-0.1, -0.05) is 64.2 Å². The van der Waals surface area contributed by atoms with Crippen LogP contribution in [0.3, 0.4) is 0 Å². The van der Waals surface area contributed by atoms with Gasteiger partial charge in [0.25, 0.3) is 0 Å². The van der Waals surface area contributed by atoms with Gasteiger partial charge in [-0.2, -0.15) is 0 Å². The molecular formula is C23H16BrCl4N3OS3. The van der Waals surface area contributed by atoms with Gasteiger partial charge in [-0.05, 0) is 64.3 Å². The Labute approximate surface area is 243 Å².